The van der Waals surface area contributed by atoms with Crippen LogP contribution in [0.15, 0.2) is 0 Å². The van der Waals surface area contributed by atoms with Crippen LogP contribution < -0.4 is 5.32 Å². The lowest BCUT2D eigenvalue weighted by Crippen LogP contribution is -2.35. The Hall–Kier alpha value is -0.0800. The van der Waals surface area contributed by atoms with Gasteiger partial charge in [-0.3, -0.25) is 4.90 Å². The van der Waals surface area contributed by atoms with Crippen LogP contribution in [0, 0.1) is 11.8 Å². The molecule has 0 amide bonds. The number of hydrogen-bond acceptors (Lipinski definition) is 2. The highest BCUT2D eigenvalue weighted by Gasteiger charge is 2.46. The Labute approximate surface area is 80.7 Å². The van der Waals surface area contributed by atoms with E-state index in [0.29, 0.717) is 0 Å². The molecule has 1 aliphatic carbocycles. The maximum absolute atomic E-state index is 3.50. The zero-order valence-corrected chi connectivity index (χ0v) is 8.34. The molecular weight excluding hydrogens is 160 g/mol. The quantitative estimate of drug-likeness (QED) is 0.649. The molecule has 0 bridgehead atoms. The van der Waals surface area contributed by atoms with E-state index in [1.807, 2.05) is 0 Å². The number of piperidine rings is 1. The second kappa shape index (κ2) is 3.25. The molecule has 74 valence electrons. The molecule has 2 heterocycles. The second-order valence-electron chi connectivity index (χ2n) is 5.04. The van der Waals surface area contributed by atoms with Crippen molar-refractivity contribution in [3.05, 3.63) is 0 Å². The summed E-state index contributed by atoms with van der Waals surface area (Å²) < 4.78 is 0. The molecular formula is C11H20N2. The fourth-order valence-corrected chi connectivity index (χ4v) is 3.10. The van der Waals surface area contributed by atoms with Gasteiger partial charge in [-0.2, -0.15) is 0 Å². The molecule has 3 atom stereocenters. The van der Waals surface area contributed by atoms with E-state index in [9.17, 15) is 0 Å². The Morgan fingerprint density at radius 2 is 1.85 bits per heavy atom. The average Bonchev–Trinajstić information content (AvgIpc) is 2.85. The lowest BCUT2D eigenvalue weighted by Gasteiger charge is -2.27. The summed E-state index contributed by atoms with van der Waals surface area (Å²) >= 11 is 0. The molecule has 3 fully saturated rings. The lowest BCUT2D eigenvalue weighted by atomic mass is 10.1. The van der Waals surface area contributed by atoms with Crippen molar-refractivity contribution >= 4 is 0 Å². The Morgan fingerprint density at radius 1 is 1.00 bits per heavy atom. The van der Waals surface area contributed by atoms with Crippen molar-refractivity contribution in [1.29, 1.82) is 0 Å². The van der Waals surface area contributed by atoms with Gasteiger partial charge in [-0.15, -0.1) is 0 Å². The van der Waals surface area contributed by atoms with E-state index in [1.165, 1.54) is 45.4 Å². The number of likely N-dealkylation sites (tertiary alicyclic amines) is 1. The van der Waals surface area contributed by atoms with Crippen LogP contribution in [0.25, 0.3) is 0 Å². The van der Waals surface area contributed by atoms with E-state index in [1.54, 1.807) is 6.42 Å². The maximum Gasteiger partial charge on any atom is 0.0108 e. The number of fused-ring (bicyclic) bond motifs is 1. The van der Waals surface area contributed by atoms with Crippen LogP contribution >= 0.6 is 0 Å². The highest BCUT2D eigenvalue weighted by atomic mass is 15.2. The van der Waals surface area contributed by atoms with E-state index in [4.69, 9.17) is 0 Å². The van der Waals surface area contributed by atoms with Crippen LogP contribution in [0.1, 0.15) is 25.7 Å². The van der Waals surface area contributed by atoms with E-state index < -0.39 is 0 Å². The van der Waals surface area contributed by atoms with E-state index in [-0.39, 0.29) is 0 Å². The van der Waals surface area contributed by atoms with Gasteiger partial charge in [0, 0.05) is 19.1 Å². The molecule has 0 aromatic rings. The molecule has 2 saturated heterocycles. The predicted octanol–water partition coefficient (Wildman–Crippen LogP) is 1.08. The van der Waals surface area contributed by atoms with Crippen LogP contribution in [0.5, 0.6) is 0 Å². The van der Waals surface area contributed by atoms with Gasteiger partial charge >= 0.3 is 0 Å². The molecule has 0 aromatic heterocycles. The van der Waals surface area contributed by atoms with Crippen molar-refractivity contribution in [3.8, 4) is 0 Å². The van der Waals surface area contributed by atoms with Gasteiger partial charge in [0.15, 0.2) is 0 Å². The van der Waals surface area contributed by atoms with Gasteiger partial charge in [0.2, 0.25) is 0 Å². The van der Waals surface area contributed by atoms with Gasteiger partial charge in [-0.1, -0.05) is 0 Å². The summed E-state index contributed by atoms with van der Waals surface area (Å²) in [4.78, 5) is 2.77. The zero-order chi connectivity index (χ0) is 8.67. The zero-order valence-electron chi connectivity index (χ0n) is 8.34. The summed E-state index contributed by atoms with van der Waals surface area (Å²) in [5.74, 6) is 2.22. The number of nitrogens with zero attached hydrogens (tertiary/aromatic N) is 1. The van der Waals surface area contributed by atoms with Crippen molar-refractivity contribution in [2.24, 2.45) is 11.8 Å². The summed E-state index contributed by atoms with van der Waals surface area (Å²) in [5.41, 5.74) is 0. The topological polar surface area (TPSA) is 15.3 Å². The van der Waals surface area contributed by atoms with Crippen molar-refractivity contribution in [1.82, 2.24) is 10.2 Å². The monoisotopic (exact) mass is 180 g/mol. The first kappa shape index (κ1) is 8.25. The summed E-state index contributed by atoms with van der Waals surface area (Å²) in [6.07, 6.45) is 5.75. The maximum atomic E-state index is 3.50. The summed E-state index contributed by atoms with van der Waals surface area (Å²) in [7, 11) is 0. The molecule has 3 aliphatic rings. The second-order valence-corrected chi connectivity index (χ2v) is 5.04. The van der Waals surface area contributed by atoms with Gasteiger partial charge in [0.1, 0.15) is 0 Å². The first-order valence-electron chi connectivity index (χ1n) is 5.88. The minimum Gasteiger partial charge on any atom is -0.317 e. The van der Waals surface area contributed by atoms with Crippen molar-refractivity contribution < 1.29 is 0 Å². The molecule has 3 rings (SSSR count). The minimum absolute atomic E-state index is 0.919. The first-order chi connectivity index (χ1) is 6.43. The Kier molecular flexibility index (Phi) is 2.06. The smallest absolute Gasteiger partial charge is 0.0108 e. The molecule has 1 saturated carbocycles. The van der Waals surface area contributed by atoms with Crippen LogP contribution in [-0.2, 0) is 0 Å². The van der Waals surface area contributed by atoms with E-state index in [2.05, 4.69) is 10.2 Å². The standard InChI is InChI=1S/C11H20N2/c1-2-11(3-5-12-4-1)13-7-9-6-10(9)8-13/h9-12H,1-8H2. The van der Waals surface area contributed by atoms with Gasteiger partial charge in [0.25, 0.3) is 0 Å². The van der Waals surface area contributed by atoms with Crippen LogP contribution in [0.3, 0.4) is 0 Å². The van der Waals surface area contributed by atoms with Crippen LogP contribution in [-0.4, -0.2) is 37.1 Å². The summed E-state index contributed by atoms with van der Waals surface area (Å²) in [6, 6.07) is 0.919. The lowest BCUT2D eigenvalue weighted by molar-refractivity contribution is 0.203. The SMILES string of the molecule is C1CNCCC(N2CC3CC3C2)C1. The van der Waals surface area contributed by atoms with Gasteiger partial charge in [-0.25, -0.2) is 0 Å². The molecule has 2 nitrogen and oxygen atoms in total. The normalized spacial score (nSPS) is 45.7. The third-order valence-corrected chi connectivity index (χ3v) is 4.07. The van der Waals surface area contributed by atoms with Crippen LogP contribution in [0.4, 0.5) is 0 Å². The Balaban J connectivity index is 1.57. The molecule has 2 aliphatic heterocycles. The van der Waals surface area contributed by atoms with Crippen LogP contribution in [0.2, 0.25) is 0 Å². The molecule has 0 spiro atoms. The fraction of sp³-hybridized carbons (Fsp3) is 1.00. The largest absolute Gasteiger partial charge is 0.317 e. The third-order valence-electron chi connectivity index (χ3n) is 4.07. The molecule has 13 heavy (non-hydrogen) atoms. The molecule has 1 N–H and O–H groups in total. The molecule has 3 unspecified atom stereocenters. The Morgan fingerprint density at radius 3 is 2.69 bits per heavy atom. The predicted molar refractivity (Wildman–Crippen MR) is 53.7 cm³/mol. The van der Waals surface area contributed by atoms with Gasteiger partial charge < -0.3 is 5.32 Å². The molecule has 2 heteroatoms. The van der Waals surface area contributed by atoms with Crippen molar-refractivity contribution in [2.75, 3.05) is 26.2 Å². The third kappa shape index (κ3) is 1.62. The van der Waals surface area contributed by atoms with E-state index in [0.717, 1.165) is 17.9 Å². The fourth-order valence-electron chi connectivity index (χ4n) is 3.10. The number of rotatable bonds is 1. The highest BCUT2D eigenvalue weighted by Crippen LogP contribution is 2.46. The minimum atomic E-state index is 0.919. The van der Waals surface area contributed by atoms with Gasteiger partial charge in [0.05, 0.1) is 0 Å². The number of hydrogen-bond donors (Lipinski definition) is 1. The van der Waals surface area contributed by atoms with E-state index >= 15 is 0 Å². The first-order valence-corrected chi connectivity index (χ1v) is 5.88. The molecule has 0 aromatic carbocycles. The Bertz CT molecular complexity index is 175. The highest BCUT2D eigenvalue weighted by molar-refractivity contribution is 4.98. The summed E-state index contributed by atoms with van der Waals surface area (Å²) in [5, 5.41) is 3.50. The van der Waals surface area contributed by atoms with Gasteiger partial charge in [-0.05, 0) is 50.6 Å². The molecule has 0 radical (unpaired) electrons. The number of nitrogens with one attached hydrogen (secondary N) is 1. The summed E-state index contributed by atoms with van der Waals surface area (Å²) in [6.45, 7) is 5.35. The van der Waals surface area contributed by atoms with Crippen molar-refractivity contribution in [2.45, 2.75) is 31.7 Å². The van der Waals surface area contributed by atoms with Crippen molar-refractivity contribution in [3.63, 3.8) is 0 Å². The average molecular weight is 180 g/mol.